The molecule has 0 spiro atoms. The Hall–Kier alpha value is -3.00. The zero-order chi connectivity index (χ0) is 22.5. The highest BCUT2D eigenvalue weighted by Gasteiger charge is 2.22. The molecule has 0 saturated carbocycles. The van der Waals surface area contributed by atoms with Crippen molar-refractivity contribution in [3.05, 3.63) is 52.3 Å². The fourth-order valence-electron chi connectivity index (χ4n) is 4.21. The second kappa shape index (κ2) is 10.1. The van der Waals surface area contributed by atoms with E-state index in [2.05, 4.69) is 23.2 Å². The van der Waals surface area contributed by atoms with Crippen LogP contribution in [0.3, 0.4) is 0 Å². The number of hydrogen-bond donors (Lipinski definition) is 1. The van der Waals surface area contributed by atoms with Gasteiger partial charge in [-0.15, -0.1) is 0 Å². The van der Waals surface area contributed by atoms with E-state index in [9.17, 15) is 4.39 Å². The number of aliphatic imine (C=N–C) groups is 1. The van der Waals surface area contributed by atoms with Gasteiger partial charge in [0, 0.05) is 31.7 Å². The topological polar surface area (TPSA) is 64.6 Å². The van der Waals surface area contributed by atoms with Crippen molar-refractivity contribution < 1.29 is 23.3 Å². The normalized spacial score (nSPS) is 15.5. The first-order chi connectivity index (χ1) is 15.6. The van der Waals surface area contributed by atoms with Crippen molar-refractivity contribution in [3.8, 4) is 17.2 Å². The Morgan fingerprint density at radius 3 is 2.66 bits per heavy atom. The Labute approximate surface area is 188 Å². The summed E-state index contributed by atoms with van der Waals surface area (Å²) in [5.74, 6) is 2.79. The second-order valence-electron chi connectivity index (χ2n) is 7.80. The average Bonchev–Trinajstić information content (AvgIpc) is 2.82. The molecule has 2 aromatic carbocycles. The van der Waals surface area contributed by atoms with E-state index in [4.69, 9.17) is 23.9 Å². The van der Waals surface area contributed by atoms with Crippen LogP contribution in [0, 0.1) is 5.82 Å². The van der Waals surface area contributed by atoms with Gasteiger partial charge in [0.25, 0.3) is 0 Å². The average molecular weight is 444 g/mol. The minimum atomic E-state index is -0.277. The number of methoxy groups -OCH3 is 2. The summed E-state index contributed by atoms with van der Waals surface area (Å²) < 4.78 is 35.8. The van der Waals surface area contributed by atoms with Crippen molar-refractivity contribution in [1.82, 2.24) is 10.2 Å². The number of ether oxygens (including phenoxy) is 4. The van der Waals surface area contributed by atoms with Crippen LogP contribution in [-0.2, 0) is 30.7 Å². The monoisotopic (exact) mass is 443 g/mol. The highest BCUT2D eigenvalue weighted by atomic mass is 19.1. The van der Waals surface area contributed by atoms with Gasteiger partial charge in [-0.05, 0) is 60.7 Å². The third kappa shape index (κ3) is 4.75. The molecule has 32 heavy (non-hydrogen) atoms. The van der Waals surface area contributed by atoms with E-state index in [0.717, 1.165) is 60.4 Å². The first kappa shape index (κ1) is 22.2. The lowest BCUT2D eigenvalue weighted by atomic mass is 9.99. The number of nitrogens with zero attached hydrogens (tertiary/aromatic N) is 2. The maximum absolute atomic E-state index is 14.0. The number of halogens is 1. The largest absolute Gasteiger partial charge is 0.493 e. The van der Waals surface area contributed by atoms with Gasteiger partial charge in [-0.2, -0.15) is 0 Å². The second-order valence-corrected chi connectivity index (χ2v) is 7.80. The van der Waals surface area contributed by atoms with Crippen LogP contribution < -0.4 is 19.5 Å². The smallest absolute Gasteiger partial charge is 0.194 e. The van der Waals surface area contributed by atoms with Crippen LogP contribution in [-0.4, -0.2) is 51.5 Å². The van der Waals surface area contributed by atoms with Crippen molar-refractivity contribution >= 4 is 5.96 Å². The van der Waals surface area contributed by atoms with Gasteiger partial charge in [0.1, 0.15) is 11.6 Å². The van der Waals surface area contributed by atoms with Crippen molar-refractivity contribution in [2.45, 2.75) is 32.9 Å². The van der Waals surface area contributed by atoms with E-state index in [1.807, 2.05) is 6.07 Å². The molecule has 2 aliphatic heterocycles. The standard InChI is InChI=1S/C24H30FN3O4/c1-4-26-24(27-7-5-17-9-20(25)10-19-14-31-15-32-23(17)19)28-8-6-16-11-21(29-2)22(30-3)12-18(16)13-28/h9-12H,4-8,13-15H2,1-3H3,(H,26,27). The number of hydrogen-bond acceptors (Lipinski definition) is 5. The van der Waals surface area contributed by atoms with Gasteiger partial charge in [0.15, 0.2) is 24.3 Å². The molecule has 2 aliphatic rings. The molecule has 0 radical (unpaired) electrons. The Morgan fingerprint density at radius 2 is 1.91 bits per heavy atom. The van der Waals surface area contributed by atoms with Crippen LogP contribution >= 0.6 is 0 Å². The van der Waals surface area contributed by atoms with E-state index in [-0.39, 0.29) is 12.6 Å². The highest BCUT2D eigenvalue weighted by Crippen LogP contribution is 2.33. The molecule has 0 aromatic heterocycles. The van der Waals surface area contributed by atoms with Gasteiger partial charge < -0.3 is 29.2 Å². The van der Waals surface area contributed by atoms with Crippen LogP contribution in [0.4, 0.5) is 4.39 Å². The Bertz CT molecular complexity index is 996. The van der Waals surface area contributed by atoms with Crippen molar-refractivity contribution in [1.29, 1.82) is 0 Å². The summed E-state index contributed by atoms with van der Waals surface area (Å²) in [5.41, 5.74) is 4.04. The molecular weight excluding hydrogens is 413 g/mol. The van der Waals surface area contributed by atoms with Crippen LogP contribution in [0.25, 0.3) is 0 Å². The molecule has 0 aliphatic carbocycles. The summed E-state index contributed by atoms with van der Waals surface area (Å²) in [6.45, 7) is 5.49. The lowest BCUT2D eigenvalue weighted by Crippen LogP contribution is -2.44. The van der Waals surface area contributed by atoms with Crippen LogP contribution in [0.5, 0.6) is 17.2 Å². The van der Waals surface area contributed by atoms with Crippen molar-refractivity contribution in [3.63, 3.8) is 0 Å². The summed E-state index contributed by atoms with van der Waals surface area (Å²) in [5, 5.41) is 3.39. The molecule has 0 unspecified atom stereocenters. The van der Waals surface area contributed by atoms with E-state index >= 15 is 0 Å². The molecule has 8 heteroatoms. The summed E-state index contributed by atoms with van der Waals surface area (Å²) in [6, 6.07) is 7.11. The van der Waals surface area contributed by atoms with Gasteiger partial charge >= 0.3 is 0 Å². The maximum Gasteiger partial charge on any atom is 0.194 e. The molecule has 2 heterocycles. The molecule has 7 nitrogen and oxygen atoms in total. The predicted octanol–water partition coefficient (Wildman–Crippen LogP) is 3.28. The van der Waals surface area contributed by atoms with E-state index in [1.54, 1.807) is 14.2 Å². The summed E-state index contributed by atoms with van der Waals surface area (Å²) in [7, 11) is 3.31. The van der Waals surface area contributed by atoms with Crippen molar-refractivity contribution in [2.75, 3.05) is 40.6 Å². The third-order valence-electron chi connectivity index (χ3n) is 5.75. The van der Waals surface area contributed by atoms with Gasteiger partial charge in [0.2, 0.25) is 0 Å². The first-order valence-corrected chi connectivity index (χ1v) is 10.9. The SMILES string of the molecule is CCNC(=NCCc1cc(F)cc2c1OCOC2)N1CCc2cc(OC)c(OC)cc2C1. The molecule has 1 N–H and O–H groups in total. The lowest BCUT2D eigenvalue weighted by Gasteiger charge is -2.32. The number of guanidine groups is 1. The molecule has 0 fully saturated rings. The quantitative estimate of drug-likeness (QED) is 0.546. The van der Waals surface area contributed by atoms with Gasteiger partial charge in [-0.3, -0.25) is 4.99 Å². The number of rotatable bonds is 6. The summed E-state index contributed by atoms with van der Waals surface area (Å²) in [6.07, 6.45) is 1.48. The highest BCUT2D eigenvalue weighted by molar-refractivity contribution is 5.80. The predicted molar refractivity (Wildman–Crippen MR) is 120 cm³/mol. The third-order valence-corrected chi connectivity index (χ3v) is 5.75. The van der Waals surface area contributed by atoms with Crippen LogP contribution in [0.15, 0.2) is 29.3 Å². The lowest BCUT2D eigenvalue weighted by molar-refractivity contribution is -0.0172. The Balaban J connectivity index is 1.49. The fraction of sp³-hybridized carbons (Fsp3) is 0.458. The number of fused-ring (bicyclic) bond motifs is 2. The maximum atomic E-state index is 14.0. The molecule has 172 valence electrons. The number of benzene rings is 2. The van der Waals surface area contributed by atoms with E-state index in [1.165, 1.54) is 23.3 Å². The molecule has 0 saturated heterocycles. The zero-order valence-electron chi connectivity index (χ0n) is 18.9. The van der Waals surface area contributed by atoms with Crippen LogP contribution in [0.2, 0.25) is 0 Å². The van der Waals surface area contributed by atoms with E-state index in [0.29, 0.717) is 19.6 Å². The van der Waals surface area contributed by atoms with Crippen LogP contribution in [0.1, 0.15) is 29.2 Å². The minimum absolute atomic E-state index is 0.193. The van der Waals surface area contributed by atoms with Crippen molar-refractivity contribution in [2.24, 2.45) is 4.99 Å². The van der Waals surface area contributed by atoms with Gasteiger partial charge in [-0.25, -0.2) is 4.39 Å². The van der Waals surface area contributed by atoms with Gasteiger partial charge in [-0.1, -0.05) is 0 Å². The Kier molecular flexibility index (Phi) is 6.99. The molecule has 0 atom stereocenters. The first-order valence-electron chi connectivity index (χ1n) is 10.9. The molecule has 0 bridgehead atoms. The van der Waals surface area contributed by atoms with E-state index < -0.39 is 0 Å². The minimum Gasteiger partial charge on any atom is -0.493 e. The summed E-state index contributed by atoms with van der Waals surface area (Å²) in [4.78, 5) is 7.07. The molecule has 2 aromatic rings. The summed E-state index contributed by atoms with van der Waals surface area (Å²) >= 11 is 0. The fourth-order valence-corrected chi connectivity index (χ4v) is 4.21. The molecular formula is C24H30FN3O4. The molecule has 4 rings (SSSR count). The van der Waals surface area contributed by atoms with Gasteiger partial charge in [0.05, 0.1) is 20.8 Å². The molecule has 0 amide bonds. The Morgan fingerprint density at radius 1 is 1.12 bits per heavy atom. The zero-order valence-corrected chi connectivity index (χ0v) is 18.9. The number of nitrogens with one attached hydrogen (secondary N) is 1.